The van der Waals surface area contributed by atoms with Gasteiger partial charge in [0.25, 0.3) is 5.91 Å². The second-order valence-corrected chi connectivity index (χ2v) is 5.50. The molecule has 1 saturated heterocycles. The summed E-state index contributed by atoms with van der Waals surface area (Å²) in [4.78, 5) is 18.8. The first-order chi connectivity index (χ1) is 10.1. The highest BCUT2D eigenvalue weighted by Gasteiger charge is 2.22. The number of likely N-dealkylation sites (N-methyl/N-ethyl adjacent to an activating group) is 1. The van der Waals surface area contributed by atoms with Crippen LogP contribution in [0.2, 0.25) is 0 Å². The summed E-state index contributed by atoms with van der Waals surface area (Å²) in [5, 5.41) is 0. The van der Waals surface area contributed by atoms with Gasteiger partial charge in [0.2, 0.25) is 0 Å². The van der Waals surface area contributed by atoms with E-state index in [1.54, 1.807) is 6.07 Å². The van der Waals surface area contributed by atoms with Crippen LogP contribution in [0.15, 0.2) is 12.1 Å². The number of anilines is 1. The molecule has 0 radical (unpaired) electrons. The Bertz CT molecular complexity index is 484. The average molecular weight is 291 g/mol. The van der Waals surface area contributed by atoms with Gasteiger partial charge in [-0.2, -0.15) is 0 Å². The minimum Gasteiger partial charge on any atom is -0.384 e. The molecule has 21 heavy (non-hydrogen) atoms. The van der Waals surface area contributed by atoms with E-state index < -0.39 is 0 Å². The highest BCUT2D eigenvalue weighted by atomic mass is 16.5. The molecule has 5 nitrogen and oxygen atoms in total. The minimum absolute atomic E-state index is 0.0134. The van der Waals surface area contributed by atoms with Crippen LogP contribution in [-0.2, 0) is 11.2 Å². The molecule has 1 aliphatic heterocycles. The molecule has 0 saturated carbocycles. The molecule has 1 aromatic heterocycles. The van der Waals surface area contributed by atoms with Gasteiger partial charge in [0.05, 0.1) is 6.10 Å². The van der Waals surface area contributed by atoms with E-state index in [9.17, 15) is 4.79 Å². The summed E-state index contributed by atoms with van der Waals surface area (Å²) in [5.41, 5.74) is 7.34. The molecule has 1 aliphatic rings. The van der Waals surface area contributed by atoms with Crippen LogP contribution in [0.25, 0.3) is 0 Å². The molecule has 0 aromatic carbocycles. The molecule has 5 heteroatoms. The number of nitrogens with zero attached hydrogens (tertiary/aromatic N) is 2. The summed E-state index contributed by atoms with van der Waals surface area (Å²) >= 11 is 0. The van der Waals surface area contributed by atoms with Crippen molar-refractivity contribution in [1.82, 2.24) is 9.88 Å². The van der Waals surface area contributed by atoms with Crippen LogP contribution >= 0.6 is 0 Å². The lowest BCUT2D eigenvalue weighted by Gasteiger charge is -2.24. The monoisotopic (exact) mass is 291 g/mol. The van der Waals surface area contributed by atoms with Crippen LogP contribution in [0.4, 0.5) is 5.82 Å². The third-order valence-electron chi connectivity index (χ3n) is 3.77. The molecule has 0 bridgehead atoms. The molecule has 2 N–H and O–H groups in total. The number of aromatic nitrogens is 1. The largest absolute Gasteiger partial charge is 0.384 e. The molecule has 2 heterocycles. The number of hydrogen-bond donors (Lipinski definition) is 1. The van der Waals surface area contributed by atoms with Crippen LogP contribution < -0.4 is 5.73 Å². The van der Waals surface area contributed by atoms with Crippen LogP contribution in [0, 0.1) is 0 Å². The fraction of sp³-hybridized carbons (Fsp3) is 0.625. The summed E-state index contributed by atoms with van der Waals surface area (Å²) < 4.78 is 5.63. The first-order valence-corrected chi connectivity index (χ1v) is 7.81. The van der Waals surface area contributed by atoms with Crippen molar-refractivity contribution >= 4 is 11.7 Å². The second-order valence-electron chi connectivity index (χ2n) is 5.50. The number of amides is 1. The van der Waals surface area contributed by atoms with E-state index in [0.29, 0.717) is 24.5 Å². The summed E-state index contributed by atoms with van der Waals surface area (Å²) in [6, 6.07) is 3.53. The van der Waals surface area contributed by atoms with Gasteiger partial charge >= 0.3 is 0 Å². The number of aryl methyl sites for hydroxylation is 1. The second kappa shape index (κ2) is 7.41. The van der Waals surface area contributed by atoms with Crippen molar-refractivity contribution in [2.75, 3.05) is 25.4 Å². The molecule has 2 rings (SSSR count). The molecular weight excluding hydrogens is 266 g/mol. The molecular formula is C16H25N3O2. The number of carbonyl (C=O) groups excluding carboxylic acids is 1. The Hall–Kier alpha value is -1.62. The maximum absolute atomic E-state index is 12.7. The Morgan fingerprint density at radius 3 is 2.90 bits per heavy atom. The van der Waals surface area contributed by atoms with Crippen LogP contribution in [0.5, 0.6) is 0 Å². The van der Waals surface area contributed by atoms with Crippen LogP contribution in [-0.4, -0.2) is 41.6 Å². The van der Waals surface area contributed by atoms with Gasteiger partial charge in [-0.05, 0) is 38.3 Å². The highest BCUT2D eigenvalue weighted by molar-refractivity contribution is 5.95. The minimum atomic E-state index is 0.0134. The zero-order valence-electron chi connectivity index (χ0n) is 13.0. The number of nitrogens with two attached hydrogens (primary N) is 1. The number of nitrogen functional groups attached to an aromatic ring is 1. The zero-order chi connectivity index (χ0) is 15.2. The topological polar surface area (TPSA) is 68.5 Å². The van der Waals surface area contributed by atoms with E-state index in [4.69, 9.17) is 10.5 Å². The quantitative estimate of drug-likeness (QED) is 0.873. The van der Waals surface area contributed by atoms with Gasteiger partial charge < -0.3 is 15.4 Å². The van der Waals surface area contributed by atoms with Crippen molar-refractivity contribution in [2.45, 2.75) is 45.6 Å². The van der Waals surface area contributed by atoms with Crippen LogP contribution in [0.1, 0.15) is 49.2 Å². The van der Waals surface area contributed by atoms with Gasteiger partial charge in [-0.3, -0.25) is 4.79 Å². The molecule has 1 unspecified atom stereocenters. The Kier molecular flexibility index (Phi) is 5.56. The predicted molar refractivity (Wildman–Crippen MR) is 83.2 cm³/mol. The lowest BCUT2D eigenvalue weighted by Crippen LogP contribution is -2.37. The van der Waals surface area contributed by atoms with Crippen LogP contribution in [0.3, 0.4) is 0 Å². The molecule has 1 fully saturated rings. The maximum Gasteiger partial charge on any atom is 0.254 e. The Labute approximate surface area is 126 Å². The maximum atomic E-state index is 12.7. The molecule has 116 valence electrons. The van der Waals surface area contributed by atoms with Gasteiger partial charge in [-0.25, -0.2) is 4.98 Å². The van der Waals surface area contributed by atoms with E-state index in [1.807, 2.05) is 17.9 Å². The normalized spacial score (nSPS) is 17.9. The van der Waals surface area contributed by atoms with Crippen molar-refractivity contribution in [1.29, 1.82) is 0 Å². The Morgan fingerprint density at radius 2 is 2.29 bits per heavy atom. The average Bonchev–Trinajstić information content (AvgIpc) is 2.96. The fourth-order valence-corrected chi connectivity index (χ4v) is 2.69. The van der Waals surface area contributed by atoms with E-state index in [2.05, 4.69) is 11.9 Å². The van der Waals surface area contributed by atoms with Crippen molar-refractivity contribution in [3.63, 3.8) is 0 Å². The predicted octanol–water partition coefficient (Wildman–Crippen LogP) is 2.26. The number of hydrogen-bond acceptors (Lipinski definition) is 4. The van der Waals surface area contributed by atoms with Gasteiger partial charge in [-0.1, -0.05) is 13.3 Å². The molecule has 1 aromatic rings. The van der Waals surface area contributed by atoms with Crippen molar-refractivity contribution < 1.29 is 9.53 Å². The summed E-state index contributed by atoms with van der Waals surface area (Å²) in [7, 11) is 0. The van der Waals surface area contributed by atoms with Crippen molar-refractivity contribution in [3.05, 3.63) is 23.4 Å². The number of carbonyl (C=O) groups is 1. The standard InChI is InChI=1S/C16H25N3O2/c1-3-6-13-9-12(10-15(17)18-13)16(20)19(4-2)11-14-7-5-8-21-14/h9-10,14H,3-8,11H2,1-2H3,(H2,17,18). The Balaban J connectivity index is 2.12. The van der Waals surface area contributed by atoms with E-state index >= 15 is 0 Å². The highest BCUT2D eigenvalue weighted by Crippen LogP contribution is 2.16. The SMILES string of the molecule is CCCc1cc(C(=O)N(CC)CC2CCCO2)cc(N)n1. The van der Waals surface area contributed by atoms with Gasteiger partial charge in [0.15, 0.2) is 0 Å². The number of ether oxygens (including phenoxy) is 1. The number of pyridine rings is 1. The van der Waals surface area contributed by atoms with E-state index in [1.165, 1.54) is 0 Å². The molecule has 0 spiro atoms. The zero-order valence-corrected chi connectivity index (χ0v) is 13.0. The molecule has 1 atom stereocenters. The van der Waals surface area contributed by atoms with Crippen molar-refractivity contribution in [2.24, 2.45) is 0 Å². The summed E-state index contributed by atoms with van der Waals surface area (Å²) in [6.07, 6.45) is 4.10. The summed E-state index contributed by atoms with van der Waals surface area (Å²) in [6.45, 7) is 6.20. The molecule has 1 amide bonds. The lowest BCUT2D eigenvalue weighted by atomic mass is 10.1. The Morgan fingerprint density at radius 1 is 1.48 bits per heavy atom. The lowest BCUT2D eigenvalue weighted by molar-refractivity contribution is 0.0539. The first-order valence-electron chi connectivity index (χ1n) is 7.81. The third-order valence-corrected chi connectivity index (χ3v) is 3.77. The first kappa shape index (κ1) is 15.8. The smallest absolute Gasteiger partial charge is 0.254 e. The van der Waals surface area contributed by atoms with Gasteiger partial charge in [0, 0.05) is 31.0 Å². The van der Waals surface area contributed by atoms with E-state index in [0.717, 1.165) is 38.0 Å². The van der Waals surface area contributed by atoms with Crippen molar-refractivity contribution in [3.8, 4) is 0 Å². The van der Waals surface area contributed by atoms with Gasteiger partial charge in [-0.15, -0.1) is 0 Å². The van der Waals surface area contributed by atoms with E-state index in [-0.39, 0.29) is 12.0 Å². The molecule has 0 aliphatic carbocycles. The fourth-order valence-electron chi connectivity index (χ4n) is 2.69. The third kappa shape index (κ3) is 4.17. The summed E-state index contributed by atoms with van der Waals surface area (Å²) in [5.74, 6) is 0.428. The number of rotatable bonds is 6. The van der Waals surface area contributed by atoms with Gasteiger partial charge in [0.1, 0.15) is 5.82 Å².